The van der Waals surface area contributed by atoms with E-state index >= 15 is 0 Å². The molecule has 3 rings (SSSR count). The van der Waals surface area contributed by atoms with Crippen molar-refractivity contribution in [1.29, 1.82) is 0 Å². The summed E-state index contributed by atoms with van der Waals surface area (Å²) in [6, 6.07) is 15.2. The molecule has 1 aliphatic rings. The van der Waals surface area contributed by atoms with Gasteiger partial charge in [-0.2, -0.15) is 0 Å². The van der Waals surface area contributed by atoms with E-state index in [0.717, 1.165) is 11.3 Å². The van der Waals surface area contributed by atoms with Crippen molar-refractivity contribution in [3.63, 3.8) is 0 Å². The molecule has 6 nitrogen and oxygen atoms in total. The van der Waals surface area contributed by atoms with Gasteiger partial charge in [-0.1, -0.05) is 24.3 Å². The molecule has 0 radical (unpaired) electrons. The fourth-order valence-electron chi connectivity index (χ4n) is 3.71. The lowest BCUT2D eigenvalue weighted by Gasteiger charge is -2.33. The van der Waals surface area contributed by atoms with Gasteiger partial charge in [0, 0.05) is 31.7 Å². The predicted octanol–water partition coefficient (Wildman–Crippen LogP) is 3.15. The molecule has 0 spiro atoms. The van der Waals surface area contributed by atoms with Crippen LogP contribution in [0.2, 0.25) is 0 Å². The van der Waals surface area contributed by atoms with Crippen molar-refractivity contribution in [3.8, 4) is 11.5 Å². The van der Waals surface area contributed by atoms with E-state index in [-0.39, 0.29) is 17.7 Å². The molecule has 1 heterocycles. The Bertz CT molecular complexity index is 845. The fraction of sp³-hybridized carbons (Fsp3) is 0.391. The van der Waals surface area contributed by atoms with Gasteiger partial charge in [0.2, 0.25) is 11.8 Å². The van der Waals surface area contributed by atoms with E-state index in [4.69, 9.17) is 9.47 Å². The highest BCUT2D eigenvalue weighted by molar-refractivity contribution is 5.94. The number of nitrogens with zero attached hydrogens (tertiary/aromatic N) is 2. The van der Waals surface area contributed by atoms with Crippen molar-refractivity contribution in [1.82, 2.24) is 4.90 Å². The minimum atomic E-state index is -0.0506. The Hall–Kier alpha value is -3.02. The third-order valence-electron chi connectivity index (χ3n) is 5.47. The summed E-state index contributed by atoms with van der Waals surface area (Å²) in [4.78, 5) is 29.1. The molecular weight excluding hydrogens is 368 g/mol. The van der Waals surface area contributed by atoms with Gasteiger partial charge in [0.05, 0.1) is 20.6 Å². The van der Waals surface area contributed by atoms with Crippen molar-refractivity contribution < 1.29 is 19.1 Å². The van der Waals surface area contributed by atoms with Gasteiger partial charge >= 0.3 is 0 Å². The number of ether oxygens (including phenoxy) is 2. The first kappa shape index (κ1) is 20.7. The summed E-state index contributed by atoms with van der Waals surface area (Å²) in [5.41, 5.74) is 1.78. The van der Waals surface area contributed by atoms with Gasteiger partial charge in [0.25, 0.3) is 0 Å². The molecule has 2 amide bonds. The Kier molecular flexibility index (Phi) is 6.75. The number of piperidine rings is 1. The highest BCUT2D eigenvalue weighted by Crippen LogP contribution is 2.28. The lowest BCUT2D eigenvalue weighted by Crippen LogP contribution is -2.44. The zero-order valence-electron chi connectivity index (χ0n) is 17.3. The van der Waals surface area contributed by atoms with Crippen LogP contribution in [0.4, 0.5) is 5.69 Å². The van der Waals surface area contributed by atoms with Crippen molar-refractivity contribution >= 4 is 17.5 Å². The molecular formula is C23H28N2O4. The van der Waals surface area contributed by atoms with Crippen LogP contribution in [0, 0.1) is 5.92 Å². The van der Waals surface area contributed by atoms with Crippen LogP contribution in [-0.4, -0.2) is 51.1 Å². The van der Waals surface area contributed by atoms with Crippen LogP contribution in [0.25, 0.3) is 0 Å². The summed E-state index contributed by atoms with van der Waals surface area (Å²) in [5.74, 6) is 1.39. The fourth-order valence-corrected chi connectivity index (χ4v) is 3.71. The number of hydrogen-bond acceptors (Lipinski definition) is 4. The van der Waals surface area contributed by atoms with Gasteiger partial charge in [0.1, 0.15) is 0 Å². The second kappa shape index (κ2) is 9.45. The monoisotopic (exact) mass is 396 g/mol. The van der Waals surface area contributed by atoms with E-state index in [0.29, 0.717) is 43.9 Å². The van der Waals surface area contributed by atoms with E-state index < -0.39 is 0 Å². The second-order valence-electron chi connectivity index (χ2n) is 7.25. The van der Waals surface area contributed by atoms with Crippen LogP contribution in [0.5, 0.6) is 11.5 Å². The molecule has 0 atom stereocenters. The Morgan fingerprint density at radius 2 is 1.66 bits per heavy atom. The summed E-state index contributed by atoms with van der Waals surface area (Å²) >= 11 is 0. The van der Waals surface area contributed by atoms with E-state index in [1.54, 1.807) is 19.1 Å². The summed E-state index contributed by atoms with van der Waals surface area (Å²) in [7, 11) is 4.98. The molecule has 6 heteroatoms. The highest BCUT2D eigenvalue weighted by atomic mass is 16.5. The maximum absolute atomic E-state index is 12.8. The Morgan fingerprint density at radius 1 is 1.00 bits per heavy atom. The molecule has 1 saturated heterocycles. The second-order valence-corrected chi connectivity index (χ2v) is 7.25. The average molecular weight is 396 g/mol. The minimum absolute atomic E-state index is 0.0506. The first-order chi connectivity index (χ1) is 14.0. The first-order valence-corrected chi connectivity index (χ1v) is 9.84. The average Bonchev–Trinajstić information content (AvgIpc) is 2.78. The van der Waals surface area contributed by atoms with E-state index in [9.17, 15) is 9.59 Å². The lowest BCUT2D eigenvalue weighted by molar-refractivity contribution is -0.134. The number of anilines is 1. The number of amides is 2. The molecule has 0 unspecified atom stereocenters. The van der Waals surface area contributed by atoms with Gasteiger partial charge in [0.15, 0.2) is 11.5 Å². The molecule has 1 fully saturated rings. The molecule has 2 aromatic rings. The normalized spacial score (nSPS) is 14.4. The Labute approximate surface area is 172 Å². The van der Waals surface area contributed by atoms with Gasteiger partial charge in [-0.05, 0) is 42.7 Å². The number of para-hydroxylation sites is 1. The van der Waals surface area contributed by atoms with Gasteiger partial charge in [-0.15, -0.1) is 0 Å². The Balaban J connectivity index is 1.55. The third kappa shape index (κ3) is 4.88. The standard InChI is InChI=1S/C23H28N2O4/c1-24(19-7-5-4-6-8-19)23(27)18-11-13-25(14-12-18)22(26)16-17-9-10-20(28-2)21(15-17)29-3/h4-10,15,18H,11-14,16H2,1-3H3. The summed E-state index contributed by atoms with van der Waals surface area (Å²) in [6.07, 6.45) is 1.68. The van der Waals surface area contributed by atoms with Crippen LogP contribution in [-0.2, 0) is 16.0 Å². The number of hydrogen-bond donors (Lipinski definition) is 0. The highest BCUT2D eigenvalue weighted by Gasteiger charge is 2.29. The van der Waals surface area contributed by atoms with Crippen LogP contribution < -0.4 is 14.4 Å². The van der Waals surface area contributed by atoms with Gasteiger partial charge in [-0.3, -0.25) is 9.59 Å². The number of rotatable bonds is 6. The molecule has 0 bridgehead atoms. The maximum Gasteiger partial charge on any atom is 0.229 e. The van der Waals surface area contributed by atoms with E-state index in [1.165, 1.54) is 0 Å². The number of benzene rings is 2. The number of carbonyl (C=O) groups excluding carboxylic acids is 2. The zero-order valence-corrected chi connectivity index (χ0v) is 17.3. The summed E-state index contributed by atoms with van der Waals surface area (Å²) in [5, 5.41) is 0. The van der Waals surface area contributed by atoms with Crippen molar-refractivity contribution in [3.05, 3.63) is 54.1 Å². The molecule has 154 valence electrons. The van der Waals surface area contributed by atoms with E-state index in [2.05, 4.69) is 0 Å². The molecule has 1 aliphatic heterocycles. The first-order valence-electron chi connectivity index (χ1n) is 9.84. The van der Waals surface area contributed by atoms with Crippen LogP contribution in [0.3, 0.4) is 0 Å². The number of likely N-dealkylation sites (tertiary alicyclic amines) is 1. The Morgan fingerprint density at radius 3 is 2.28 bits per heavy atom. The third-order valence-corrected chi connectivity index (χ3v) is 5.47. The number of carbonyl (C=O) groups is 2. The van der Waals surface area contributed by atoms with Crippen molar-refractivity contribution in [2.24, 2.45) is 5.92 Å². The van der Waals surface area contributed by atoms with Crippen molar-refractivity contribution in [2.45, 2.75) is 19.3 Å². The minimum Gasteiger partial charge on any atom is -0.493 e. The largest absolute Gasteiger partial charge is 0.493 e. The molecule has 2 aromatic carbocycles. The maximum atomic E-state index is 12.8. The molecule has 0 aromatic heterocycles. The zero-order chi connectivity index (χ0) is 20.8. The van der Waals surface area contributed by atoms with Crippen LogP contribution >= 0.6 is 0 Å². The molecule has 0 saturated carbocycles. The SMILES string of the molecule is COc1ccc(CC(=O)N2CCC(C(=O)N(C)c3ccccc3)CC2)cc1OC. The smallest absolute Gasteiger partial charge is 0.229 e. The molecule has 29 heavy (non-hydrogen) atoms. The van der Waals surface area contributed by atoms with Crippen molar-refractivity contribution in [2.75, 3.05) is 39.3 Å². The summed E-state index contributed by atoms with van der Waals surface area (Å²) < 4.78 is 10.6. The van der Waals surface area contributed by atoms with E-state index in [1.807, 2.05) is 60.5 Å². The summed E-state index contributed by atoms with van der Waals surface area (Å²) in [6.45, 7) is 1.20. The molecule has 0 N–H and O–H groups in total. The predicted molar refractivity (Wildman–Crippen MR) is 112 cm³/mol. The number of methoxy groups -OCH3 is 2. The van der Waals surface area contributed by atoms with Crippen LogP contribution in [0.1, 0.15) is 18.4 Å². The van der Waals surface area contributed by atoms with Crippen LogP contribution in [0.15, 0.2) is 48.5 Å². The lowest BCUT2D eigenvalue weighted by atomic mass is 9.94. The topological polar surface area (TPSA) is 59.1 Å². The molecule has 0 aliphatic carbocycles. The van der Waals surface area contributed by atoms with Gasteiger partial charge < -0.3 is 19.3 Å². The van der Waals surface area contributed by atoms with Gasteiger partial charge in [-0.25, -0.2) is 0 Å². The quantitative estimate of drug-likeness (QED) is 0.753.